The summed E-state index contributed by atoms with van der Waals surface area (Å²) in [6, 6.07) is -0.407. The Morgan fingerprint density at radius 3 is 2.77 bits per heavy atom. The van der Waals surface area contributed by atoms with Crippen molar-refractivity contribution in [1.82, 2.24) is 5.32 Å². The van der Waals surface area contributed by atoms with Crippen LogP contribution in [0.5, 0.6) is 0 Å². The summed E-state index contributed by atoms with van der Waals surface area (Å²) in [5.41, 5.74) is 0. The van der Waals surface area contributed by atoms with Crippen molar-refractivity contribution < 1.29 is 15.0 Å². The summed E-state index contributed by atoms with van der Waals surface area (Å²) in [5, 5.41) is 21.2. The summed E-state index contributed by atoms with van der Waals surface area (Å²) in [4.78, 5) is 10.7. The molecule has 0 aromatic rings. The number of hydrogen-bond donors (Lipinski definition) is 3. The summed E-state index contributed by atoms with van der Waals surface area (Å²) >= 11 is 0. The van der Waals surface area contributed by atoms with Crippen molar-refractivity contribution in [3.8, 4) is 0 Å². The monoisotopic (exact) mass is 187 g/mol. The Hall–Kier alpha value is -0.610. The van der Waals surface area contributed by atoms with Gasteiger partial charge in [0.25, 0.3) is 0 Å². The highest BCUT2D eigenvalue weighted by Crippen LogP contribution is 2.16. The third kappa shape index (κ3) is 2.97. The number of hydrogen-bond acceptors (Lipinski definition) is 3. The van der Waals surface area contributed by atoms with Crippen molar-refractivity contribution in [2.75, 3.05) is 0 Å². The lowest BCUT2D eigenvalue weighted by Crippen LogP contribution is -2.51. The van der Waals surface area contributed by atoms with Gasteiger partial charge in [-0.1, -0.05) is 13.3 Å². The Bertz CT molecular complexity index is 184. The first-order valence-electron chi connectivity index (χ1n) is 4.80. The highest BCUT2D eigenvalue weighted by molar-refractivity contribution is 5.73. The second kappa shape index (κ2) is 4.58. The number of aliphatic hydroxyl groups excluding tert-OH is 1. The number of carboxylic acid groups (broad SMARTS) is 1. The number of aliphatic hydroxyl groups is 1. The Morgan fingerprint density at radius 1 is 1.54 bits per heavy atom. The number of carbonyl (C=O) groups is 1. The molecule has 0 saturated carbocycles. The first-order chi connectivity index (χ1) is 6.13. The van der Waals surface area contributed by atoms with Crippen LogP contribution in [0.4, 0.5) is 0 Å². The van der Waals surface area contributed by atoms with Gasteiger partial charge in [0.05, 0.1) is 6.10 Å². The quantitative estimate of drug-likeness (QED) is 0.596. The molecule has 0 spiro atoms. The average molecular weight is 187 g/mol. The van der Waals surface area contributed by atoms with Gasteiger partial charge >= 0.3 is 5.97 Å². The molecule has 0 aromatic heterocycles. The van der Waals surface area contributed by atoms with Crippen molar-refractivity contribution in [3.05, 3.63) is 0 Å². The van der Waals surface area contributed by atoms with Crippen molar-refractivity contribution in [2.24, 2.45) is 0 Å². The van der Waals surface area contributed by atoms with Crippen LogP contribution >= 0.6 is 0 Å². The van der Waals surface area contributed by atoms with E-state index in [9.17, 15) is 9.90 Å². The SMILES string of the molecule is CCCC1CC(O)CC(C(=O)O)N1. The van der Waals surface area contributed by atoms with Gasteiger partial charge in [-0.3, -0.25) is 4.79 Å². The topological polar surface area (TPSA) is 69.6 Å². The second-order valence-corrected chi connectivity index (χ2v) is 3.67. The van der Waals surface area contributed by atoms with Gasteiger partial charge in [-0.25, -0.2) is 0 Å². The molecule has 1 rings (SSSR count). The Kier molecular flexibility index (Phi) is 3.69. The zero-order chi connectivity index (χ0) is 9.84. The molecule has 0 aliphatic carbocycles. The number of aliphatic carboxylic acids is 1. The molecule has 0 bridgehead atoms. The van der Waals surface area contributed by atoms with Gasteiger partial charge in [-0.15, -0.1) is 0 Å². The molecular formula is C9H17NO3. The van der Waals surface area contributed by atoms with Crippen LogP contribution < -0.4 is 5.32 Å². The summed E-state index contributed by atoms with van der Waals surface area (Å²) in [7, 11) is 0. The zero-order valence-electron chi connectivity index (χ0n) is 7.86. The van der Waals surface area contributed by atoms with E-state index in [2.05, 4.69) is 12.2 Å². The lowest BCUT2D eigenvalue weighted by Gasteiger charge is -2.31. The largest absolute Gasteiger partial charge is 0.480 e. The highest BCUT2D eigenvalue weighted by Gasteiger charge is 2.30. The molecule has 0 radical (unpaired) electrons. The maximum absolute atomic E-state index is 10.7. The van der Waals surface area contributed by atoms with Gasteiger partial charge in [0, 0.05) is 6.04 Å². The molecule has 0 amide bonds. The maximum Gasteiger partial charge on any atom is 0.320 e. The van der Waals surface area contributed by atoms with E-state index >= 15 is 0 Å². The van der Waals surface area contributed by atoms with E-state index in [1.54, 1.807) is 0 Å². The summed E-state index contributed by atoms with van der Waals surface area (Å²) in [5.74, 6) is -0.861. The first-order valence-corrected chi connectivity index (χ1v) is 4.80. The summed E-state index contributed by atoms with van der Waals surface area (Å²) in [6.07, 6.45) is 2.49. The maximum atomic E-state index is 10.7. The highest BCUT2D eigenvalue weighted by atomic mass is 16.4. The molecule has 3 atom stereocenters. The molecule has 1 fully saturated rings. The van der Waals surface area contributed by atoms with Gasteiger partial charge < -0.3 is 15.5 Å². The van der Waals surface area contributed by atoms with Gasteiger partial charge in [-0.05, 0) is 19.3 Å². The van der Waals surface area contributed by atoms with Crippen molar-refractivity contribution in [3.63, 3.8) is 0 Å². The molecule has 0 aromatic carbocycles. The minimum atomic E-state index is -0.861. The van der Waals surface area contributed by atoms with E-state index in [0.29, 0.717) is 12.8 Å². The summed E-state index contributed by atoms with van der Waals surface area (Å²) < 4.78 is 0. The van der Waals surface area contributed by atoms with Crippen LogP contribution in [0.3, 0.4) is 0 Å². The Morgan fingerprint density at radius 2 is 2.23 bits per heavy atom. The molecule has 4 nitrogen and oxygen atoms in total. The van der Waals surface area contributed by atoms with E-state index in [0.717, 1.165) is 12.8 Å². The van der Waals surface area contributed by atoms with Gasteiger partial charge in [-0.2, -0.15) is 0 Å². The minimum Gasteiger partial charge on any atom is -0.480 e. The van der Waals surface area contributed by atoms with Crippen LogP contribution in [-0.2, 0) is 4.79 Å². The predicted molar refractivity (Wildman–Crippen MR) is 48.5 cm³/mol. The fraction of sp³-hybridized carbons (Fsp3) is 0.889. The number of piperidine rings is 1. The fourth-order valence-corrected chi connectivity index (χ4v) is 1.84. The van der Waals surface area contributed by atoms with E-state index in [4.69, 9.17) is 5.11 Å². The van der Waals surface area contributed by atoms with Gasteiger partial charge in [0.1, 0.15) is 6.04 Å². The number of nitrogens with one attached hydrogen (secondary N) is 1. The lowest BCUT2D eigenvalue weighted by molar-refractivity contribution is -0.141. The van der Waals surface area contributed by atoms with E-state index in [1.807, 2.05) is 0 Å². The van der Waals surface area contributed by atoms with Gasteiger partial charge in [0.15, 0.2) is 0 Å². The van der Waals surface area contributed by atoms with Crippen LogP contribution in [0.1, 0.15) is 32.6 Å². The minimum absolute atomic E-state index is 0.162. The van der Waals surface area contributed by atoms with E-state index < -0.39 is 18.1 Å². The zero-order valence-corrected chi connectivity index (χ0v) is 7.86. The second-order valence-electron chi connectivity index (χ2n) is 3.67. The van der Waals surface area contributed by atoms with Crippen molar-refractivity contribution >= 4 is 5.97 Å². The average Bonchev–Trinajstić information content (AvgIpc) is 2.03. The van der Waals surface area contributed by atoms with Crippen LogP contribution in [0, 0.1) is 0 Å². The lowest BCUT2D eigenvalue weighted by atomic mass is 9.93. The molecular weight excluding hydrogens is 170 g/mol. The smallest absolute Gasteiger partial charge is 0.320 e. The molecule has 1 aliphatic rings. The van der Waals surface area contributed by atoms with Crippen LogP contribution in [0.2, 0.25) is 0 Å². The molecule has 76 valence electrons. The predicted octanol–water partition coefficient (Wildman–Crippen LogP) is 0.353. The molecule has 1 aliphatic heterocycles. The third-order valence-corrected chi connectivity index (χ3v) is 2.44. The molecule has 1 saturated heterocycles. The van der Waals surface area contributed by atoms with Crippen LogP contribution in [-0.4, -0.2) is 34.4 Å². The van der Waals surface area contributed by atoms with Crippen molar-refractivity contribution in [2.45, 2.75) is 50.8 Å². The Balaban J connectivity index is 2.47. The van der Waals surface area contributed by atoms with Crippen molar-refractivity contribution in [1.29, 1.82) is 0 Å². The number of carboxylic acids is 1. The molecule has 4 heteroatoms. The molecule has 3 N–H and O–H groups in total. The fourth-order valence-electron chi connectivity index (χ4n) is 1.84. The number of rotatable bonds is 3. The molecule has 13 heavy (non-hydrogen) atoms. The standard InChI is InChI=1S/C9H17NO3/c1-2-3-6-4-7(11)5-8(10-6)9(12)13/h6-8,10-11H,2-5H2,1H3,(H,12,13). The first kappa shape index (κ1) is 10.5. The summed E-state index contributed by atoms with van der Waals surface area (Å²) in [6.45, 7) is 2.05. The van der Waals surface area contributed by atoms with Crippen LogP contribution in [0.15, 0.2) is 0 Å². The van der Waals surface area contributed by atoms with Crippen LogP contribution in [0.25, 0.3) is 0 Å². The normalized spacial score (nSPS) is 34.5. The molecule has 1 heterocycles. The molecule has 3 unspecified atom stereocenters. The Labute approximate surface area is 78.0 Å². The van der Waals surface area contributed by atoms with E-state index in [1.165, 1.54) is 0 Å². The van der Waals surface area contributed by atoms with Gasteiger partial charge in [0.2, 0.25) is 0 Å². The third-order valence-electron chi connectivity index (χ3n) is 2.44. The van der Waals surface area contributed by atoms with E-state index in [-0.39, 0.29) is 6.04 Å².